The van der Waals surface area contributed by atoms with Gasteiger partial charge >= 0.3 is 0 Å². The van der Waals surface area contributed by atoms with Gasteiger partial charge in [-0.1, -0.05) is 24.3 Å². The van der Waals surface area contributed by atoms with E-state index in [9.17, 15) is 4.79 Å². The third-order valence-corrected chi connectivity index (χ3v) is 4.60. The predicted octanol–water partition coefficient (Wildman–Crippen LogP) is 4.30. The number of allylic oxidation sites excluding steroid dienone is 2. The van der Waals surface area contributed by atoms with Gasteiger partial charge < -0.3 is 14.8 Å². The van der Waals surface area contributed by atoms with E-state index in [-0.39, 0.29) is 5.91 Å². The molecule has 4 nitrogen and oxygen atoms in total. The van der Waals surface area contributed by atoms with E-state index in [1.807, 2.05) is 30.3 Å². The summed E-state index contributed by atoms with van der Waals surface area (Å²) in [6.07, 6.45) is 4.64. The second kappa shape index (κ2) is 6.48. The number of amides is 1. The molecule has 1 aliphatic carbocycles. The Morgan fingerprint density at radius 1 is 1.08 bits per heavy atom. The Morgan fingerprint density at radius 2 is 1.88 bits per heavy atom. The number of anilines is 1. The Labute approximate surface area is 146 Å². The predicted molar refractivity (Wildman–Crippen MR) is 97.1 cm³/mol. The number of hydrogen-bond acceptors (Lipinski definition) is 3. The number of methoxy groups -OCH3 is 1. The zero-order chi connectivity index (χ0) is 17.2. The first-order valence-electron chi connectivity index (χ1n) is 8.38. The van der Waals surface area contributed by atoms with E-state index in [1.165, 1.54) is 11.1 Å². The van der Waals surface area contributed by atoms with Gasteiger partial charge in [0.05, 0.1) is 7.11 Å². The van der Waals surface area contributed by atoms with E-state index in [1.54, 1.807) is 19.2 Å². The maximum Gasteiger partial charge on any atom is 0.291 e. The highest BCUT2D eigenvalue weighted by atomic mass is 16.5. The molecule has 2 aliphatic rings. The van der Waals surface area contributed by atoms with Gasteiger partial charge in [-0.2, -0.15) is 0 Å². The van der Waals surface area contributed by atoms with E-state index in [0.29, 0.717) is 11.4 Å². The fraction of sp³-hybridized carbons (Fsp3) is 0.190. The SMILES string of the molecule is COc1ccc(NC(=O)C2=CCC3=C(O2)c2ccccc2CC3)cc1. The molecule has 0 aromatic heterocycles. The van der Waals surface area contributed by atoms with Crippen molar-refractivity contribution in [2.24, 2.45) is 0 Å². The van der Waals surface area contributed by atoms with Crippen LogP contribution in [-0.4, -0.2) is 13.0 Å². The molecule has 0 atom stereocenters. The summed E-state index contributed by atoms with van der Waals surface area (Å²) >= 11 is 0. The monoisotopic (exact) mass is 333 g/mol. The van der Waals surface area contributed by atoms with Gasteiger partial charge in [0.15, 0.2) is 5.76 Å². The lowest BCUT2D eigenvalue weighted by atomic mass is 9.88. The quantitative estimate of drug-likeness (QED) is 0.911. The first-order valence-corrected chi connectivity index (χ1v) is 8.38. The van der Waals surface area contributed by atoms with E-state index < -0.39 is 0 Å². The van der Waals surface area contributed by atoms with Crippen molar-refractivity contribution in [1.29, 1.82) is 0 Å². The van der Waals surface area contributed by atoms with E-state index >= 15 is 0 Å². The molecule has 0 radical (unpaired) electrons. The Bertz CT molecular complexity index is 878. The number of aryl methyl sites for hydroxylation is 1. The Morgan fingerprint density at radius 3 is 2.68 bits per heavy atom. The fourth-order valence-corrected chi connectivity index (χ4v) is 3.24. The topological polar surface area (TPSA) is 47.6 Å². The summed E-state index contributed by atoms with van der Waals surface area (Å²) in [6, 6.07) is 15.5. The molecule has 0 fully saturated rings. The second-order valence-electron chi connectivity index (χ2n) is 6.15. The van der Waals surface area contributed by atoms with Gasteiger partial charge in [0.1, 0.15) is 11.5 Å². The highest BCUT2D eigenvalue weighted by Crippen LogP contribution is 2.38. The van der Waals surface area contributed by atoms with Crippen molar-refractivity contribution in [2.75, 3.05) is 12.4 Å². The van der Waals surface area contributed by atoms with Gasteiger partial charge in [0.25, 0.3) is 5.91 Å². The van der Waals surface area contributed by atoms with E-state index in [4.69, 9.17) is 9.47 Å². The van der Waals surface area contributed by atoms with Crippen LogP contribution in [-0.2, 0) is 16.0 Å². The molecule has 1 aliphatic heterocycles. The fourth-order valence-electron chi connectivity index (χ4n) is 3.24. The van der Waals surface area contributed by atoms with Crippen LogP contribution in [0.1, 0.15) is 24.0 Å². The molecule has 0 bridgehead atoms. The average Bonchev–Trinajstić information content (AvgIpc) is 2.68. The number of carbonyl (C=O) groups excluding carboxylic acids is 1. The molecule has 1 amide bonds. The maximum atomic E-state index is 12.6. The van der Waals surface area contributed by atoms with Crippen LogP contribution in [0.2, 0.25) is 0 Å². The van der Waals surface area contributed by atoms with Crippen LogP contribution in [0, 0.1) is 0 Å². The zero-order valence-corrected chi connectivity index (χ0v) is 14.0. The van der Waals surface area contributed by atoms with Crippen molar-refractivity contribution in [3.8, 4) is 5.75 Å². The summed E-state index contributed by atoms with van der Waals surface area (Å²) < 4.78 is 11.1. The summed E-state index contributed by atoms with van der Waals surface area (Å²) in [5, 5.41) is 2.87. The van der Waals surface area contributed by atoms with Gasteiger partial charge in [-0.3, -0.25) is 4.79 Å². The first-order chi connectivity index (χ1) is 12.2. The number of rotatable bonds is 3. The largest absolute Gasteiger partial charge is 0.497 e. The van der Waals surface area contributed by atoms with Crippen molar-refractivity contribution >= 4 is 17.4 Å². The standard InChI is InChI=1S/C21H19NO3/c1-24-17-11-9-16(10-12-17)22-21(23)19-13-8-15-7-6-14-4-2-3-5-18(14)20(15)25-19/h2-5,9-13H,6-8H2,1H3,(H,22,23). The smallest absolute Gasteiger partial charge is 0.291 e. The summed E-state index contributed by atoms with van der Waals surface area (Å²) in [4.78, 5) is 12.6. The van der Waals surface area contributed by atoms with Crippen molar-refractivity contribution in [3.05, 3.63) is 77.1 Å². The molecule has 2 aromatic rings. The molecule has 0 saturated heterocycles. The summed E-state index contributed by atoms with van der Waals surface area (Å²) in [6.45, 7) is 0. The minimum atomic E-state index is -0.236. The summed E-state index contributed by atoms with van der Waals surface area (Å²) in [7, 11) is 1.61. The number of carbonyl (C=O) groups is 1. The zero-order valence-electron chi connectivity index (χ0n) is 14.0. The second-order valence-corrected chi connectivity index (χ2v) is 6.15. The lowest BCUT2D eigenvalue weighted by Gasteiger charge is -2.26. The molecule has 2 aromatic carbocycles. The van der Waals surface area contributed by atoms with Crippen LogP contribution in [0.4, 0.5) is 5.69 Å². The lowest BCUT2D eigenvalue weighted by Crippen LogP contribution is -2.20. The average molecular weight is 333 g/mol. The van der Waals surface area contributed by atoms with Crippen LogP contribution < -0.4 is 10.1 Å². The van der Waals surface area contributed by atoms with Gasteiger partial charge in [-0.15, -0.1) is 0 Å². The molecule has 1 N–H and O–H groups in total. The molecular formula is C21H19NO3. The van der Waals surface area contributed by atoms with Gasteiger partial charge in [-0.05, 0) is 60.7 Å². The molecule has 126 valence electrons. The Kier molecular flexibility index (Phi) is 4.02. The summed E-state index contributed by atoms with van der Waals surface area (Å²) in [5.41, 5.74) is 4.35. The van der Waals surface area contributed by atoms with Crippen molar-refractivity contribution in [1.82, 2.24) is 0 Å². The number of hydrogen-bond donors (Lipinski definition) is 1. The van der Waals surface area contributed by atoms with Crippen molar-refractivity contribution in [2.45, 2.75) is 19.3 Å². The molecule has 1 heterocycles. The highest BCUT2D eigenvalue weighted by Gasteiger charge is 2.26. The van der Waals surface area contributed by atoms with Crippen LogP contribution >= 0.6 is 0 Å². The first kappa shape index (κ1) is 15.5. The van der Waals surface area contributed by atoms with Crippen LogP contribution in [0.3, 0.4) is 0 Å². The van der Waals surface area contributed by atoms with Crippen LogP contribution in [0.25, 0.3) is 5.76 Å². The Balaban J connectivity index is 1.51. The van der Waals surface area contributed by atoms with Crippen molar-refractivity contribution < 1.29 is 14.3 Å². The third-order valence-electron chi connectivity index (χ3n) is 4.60. The number of ether oxygens (including phenoxy) is 2. The van der Waals surface area contributed by atoms with Crippen LogP contribution in [0.5, 0.6) is 5.75 Å². The number of fused-ring (bicyclic) bond motifs is 2. The maximum absolute atomic E-state index is 12.6. The highest BCUT2D eigenvalue weighted by molar-refractivity contribution is 6.03. The minimum Gasteiger partial charge on any atom is -0.497 e. The van der Waals surface area contributed by atoms with E-state index in [2.05, 4.69) is 17.4 Å². The number of nitrogens with one attached hydrogen (secondary N) is 1. The Hall–Kier alpha value is -3.01. The van der Waals surface area contributed by atoms with Gasteiger partial charge in [0, 0.05) is 11.3 Å². The number of benzene rings is 2. The molecule has 0 unspecified atom stereocenters. The van der Waals surface area contributed by atoms with Gasteiger partial charge in [-0.25, -0.2) is 0 Å². The van der Waals surface area contributed by atoms with Gasteiger partial charge in [0.2, 0.25) is 0 Å². The summed E-state index contributed by atoms with van der Waals surface area (Å²) in [5.74, 6) is 1.72. The van der Waals surface area contributed by atoms with Crippen molar-refractivity contribution in [3.63, 3.8) is 0 Å². The normalized spacial score (nSPS) is 15.5. The third kappa shape index (κ3) is 3.03. The molecule has 4 heteroatoms. The molecule has 4 rings (SSSR count). The molecular weight excluding hydrogens is 314 g/mol. The lowest BCUT2D eigenvalue weighted by molar-refractivity contribution is -0.115. The molecule has 25 heavy (non-hydrogen) atoms. The minimum absolute atomic E-state index is 0.236. The molecule has 0 saturated carbocycles. The van der Waals surface area contributed by atoms with Crippen LogP contribution in [0.15, 0.2) is 65.9 Å². The van der Waals surface area contributed by atoms with E-state index in [0.717, 1.165) is 36.3 Å². The molecule has 0 spiro atoms.